The summed E-state index contributed by atoms with van der Waals surface area (Å²) in [5.74, 6) is -0.645. The van der Waals surface area contributed by atoms with E-state index in [-0.39, 0.29) is 28.6 Å². The lowest BCUT2D eigenvalue weighted by Crippen LogP contribution is -1.94. The van der Waals surface area contributed by atoms with Gasteiger partial charge in [-0.05, 0) is 51.8 Å². The monoisotopic (exact) mass is 334 g/mol. The van der Waals surface area contributed by atoms with Crippen LogP contribution in [0.4, 0.5) is 0 Å². The van der Waals surface area contributed by atoms with Gasteiger partial charge >= 0.3 is 0 Å². The molecule has 20 heavy (non-hydrogen) atoms. The lowest BCUT2D eigenvalue weighted by atomic mass is 10.1. The smallest absolute Gasteiger partial charge is 0.189 e. The van der Waals surface area contributed by atoms with Gasteiger partial charge in [0.25, 0.3) is 0 Å². The van der Waals surface area contributed by atoms with Gasteiger partial charge in [-0.2, -0.15) is 0 Å². The third-order valence-corrected chi connectivity index (χ3v) is 3.28. The largest absolute Gasteiger partial charge is 0.508 e. The second-order valence-electron chi connectivity index (χ2n) is 4.11. The van der Waals surface area contributed by atoms with E-state index in [0.29, 0.717) is 4.47 Å². The lowest BCUT2D eigenvalue weighted by molar-refractivity contribution is 0.104. The number of halogens is 1. The number of hydrogen-bond donors (Lipinski definition) is 3. The first-order chi connectivity index (χ1) is 9.47. The first-order valence-electron chi connectivity index (χ1n) is 5.70. The molecule has 102 valence electrons. The van der Waals surface area contributed by atoms with Crippen LogP contribution in [0, 0.1) is 0 Å². The van der Waals surface area contributed by atoms with Crippen LogP contribution in [0.5, 0.6) is 17.2 Å². The topological polar surface area (TPSA) is 77.8 Å². The van der Waals surface area contributed by atoms with E-state index in [1.165, 1.54) is 24.3 Å². The van der Waals surface area contributed by atoms with Crippen molar-refractivity contribution in [3.05, 3.63) is 58.1 Å². The summed E-state index contributed by atoms with van der Waals surface area (Å²) in [6.07, 6.45) is 2.88. The first-order valence-corrected chi connectivity index (χ1v) is 6.49. The zero-order valence-electron chi connectivity index (χ0n) is 10.2. The summed E-state index contributed by atoms with van der Waals surface area (Å²) in [6.45, 7) is 0. The highest BCUT2D eigenvalue weighted by molar-refractivity contribution is 9.10. The third kappa shape index (κ3) is 3.19. The minimum atomic E-state index is -0.383. The molecule has 3 N–H and O–H groups in total. The maximum absolute atomic E-state index is 11.9. The second kappa shape index (κ2) is 5.79. The molecule has 0 aromatic heterocycles. The summed E-state index contributed by atoms with van der Waals surface area (Å²) in [7, 11) is 0. The van der Waals surface area contributed by atoms with E-state index >= 15 is 0 Å². The van der Waals surface area contributed by atoms with Gasteiger partial charge in [0.2, 0.25) is 0 Å². The van der Waals surface area contributed by atoms with E-state index in [0.717, 1.165) is 11.6 Å². The van der Waals surface area contributed by atoms with Gasteiger partial charge in [-0.1, -0.05) is 12.1 Å². The average Bonchev–Trinajstić information content (AvgIpc) is 2.40. The van der Waals surface area contributed by atoms with Crippen molar-refractivity contribution in [2.24, 2.45) is 0 Å². The van der Waals surface area contributed by atoms with Crippen LogP contribution in [0.1, 0.15) is 15.9 Å². The Morgan fingerprint density at radius 1 is 1.00 bits per heavy atom. The number of carbonyl (C=O) groups excluding carboxylic acids is 1. The molecule has 0 fully saturated rings. The Labute approximate surface area is 123 Å². The van der Waals surface area contributed by atoms with Crippen molar-refractivity contribution < 1.29 is 20.1 Å². The normalized spacial score (nSPS) is 10.8. The lowest BCUT2D eigenvalue weighted by Gasteiger charge is -2.01. The van der Waals surface area contributed by atoms with Gasteiger partial charge in [0.05, 0.1) is 10.0 Å². The quantitative estimate of drug-likeness (QED) is 0.593. The van der Waals surface area contributed by atoms with Gasteiger partial charge in [0.1, 0.15) is 17.2 Å². The van der Waals surface area contributed by atoms with Gasteiger partial charge in [-0.25, -0.2) is 0 Å². The predicted octanol–water partition coefficient (Wildman–Crippen LogP) is 3.46. The third-order valence-electron chi connectivity index (χ3n) is 2.65. The molecule has 0 spiro atoms. The van der Waals surface area contributed by atoms with Crippen molar-refractivity contribution in [1.82, 2.24) is 0 Å². The number of aromatic hydroxyl groups is 3. The number of phenols is 3. The van der Waals surface area contributed by atoms with Crippen molar-refractivity contribution in [1.29, 1.82) is 0 Å². The molecule has 0 radical (unpaired) electrons. The van der Waals surface area contributed by atoms with E-state index in [9.17, 15) is 15.0 Å². The summed E-state index contributed by atoms with van der Waals surface area (Å²) < 4.78 is 0.527. The van der Waals surface area contributed by atoms with Crippen molar-refractivity contribution in [3.8, 4) is 17.2 Å². The Balaban J connectivity index is 2.22. The Hall–Kier alpha value is -2.27. The Bertz CT molecular complexity index is 692. The number of hydrogen-bond acceptors (Lipinski definition) is 4. The van der Waals surface area contributed by atoms with Gasteiger partial charge in [-0.3, -0.25) is 4.79 Å². The highest BCUT2D eigenvalue weighted by atomic mass is 79.9. The van der Waals surface area contributed by atoms with Gasteiger partial charge in [0.15, 0.2) is 5.78 Å². The van der Waals surface area contributed by atoms with Crippen molar-refractivity contribution >= 4 is 27.8 Å². The molecule has 2 rings (SSSR count). The van der Waals surface area contributed by atoms with Crippen LogP contribution >= 0.6 is 15.9 Å². The van der Waals surface area contributed by atoms with Crippen molar-refractivity contribution in [2.75, 3.05) is 0 Å². The molecule has 0 amide bonds. The van der Waals surface area contributed by atoms with E-state index < -0.39 is 0 Å². The van der Waals surface area contributed by atoms with Crippen LogP contribution in [-0.2, 0) is 0 Å². The molecule has 0 heterocycles. The minimum Gasteiger partial charge on any atom is -0.508 e. The fourth-order valence-electron chi connectivity index (χ4n) is 1.62. The Morgan fingerprint density at radius 2 is 1.75 bits per heavy atom. The summed E-state index contributed by atoms with van der Waals surface area (Å²) in [4.78, 5) is 11.9. The molecule has 0 aliphatic rings. The molecule has 0 saturated carbocycles. The first kappa shape index (κ1) is 14.1. The van der Waals surface area contributed by atoms with E-state index in [4.69, 9.17) is 5.11 Å². The molecule has 0 unspecified atom stereocenters. The maximum Gasteiger partial charge on any atom is 0.189 e. The van der Waals surface area contributed by atoms with Crippen LogP contribution in [0.25, 0.3) is 6.08 Å². The standard InChI is InChI=1S/C15H11BrO4/c16-12-7-9(2-6-14(12)19)1-5-13(18)11-4-3-10(17)8-15(11)20/h1-8,17,19-20H. The van der Waals surface area contributed by atoms with Crippen LogP contribution in [-0.4, -0.2) is 21.1 Å². The second-order valence-corrected chi connectivity index (χ2v) is 4.96. The van der Waals surface area contributed by atoms with Crippen LogP contribution < -0.4 is 0 Å². The maximum atomic E-state index is 11.9. The van der Waals surface area contributed by atoms with Crippen LogP contribution in [0.2, 0.25) is 0 Å². The minimum absolute atomic E-state index is 0.106. The van der Waals surface area contributed by atoms with Gasteiger partial charge in [0, 0.05) is 6.07 Å². The Morgan fingerprint density at radius 3 is 2.40 bits per heavy atom. The van der Waals surface area contributed by atoms with Crippen LogP contribution in [0.15, 0.2) is 46.9 Å². The molecule has 0 aliphatic heterocycles. The highest BCUT2D eigenvalue weighted by Crippen LogP contribution is 2.26. The van der Waals surface area contributed by atoms with Crippen molar-refractivity contribution in [3.63, 3.8) is 0 Å². The van der Waals surface area contributed by atoms with Gasteiger partial charge in [-0.15, -0.1) is 0 Å². The molecule has 0 aliphatic carbocycles. The number of carbonyl (C=O) groups is 1. The number of allylic oxidation sites excluding steroid dienone is 1. The molecule has 0 bridgehead atoms. The van der Waals surface area contributed by atoms with E-state index in [1.807, 2.05) is 0 Å². The molecule has 5 heteroatoms. The zero-order chi connectivity index (χ0) is 14.7. The zero-order valence-corrected chi connectivity index (χ0v) is 11.8. The SMILES string of the molecule is O=C(C=Cc1ccc(O)c(Br)c1)c1ccc(O)cc1O. The number of benzene rings is 2. The van der Waals surface area contributed by atoms with Gasteiger partial charge < -0.3 is 15.3 Å². The fraction of sp³-hybridized carbons (Fsp3) is 0. The number of phenolic OH excluding ortho intramolecular Hbond substituents is 3. The molecule has 4 nitrogen and oxygen atoms in total. The highest BCUT2D eigenvalue weighted by Gasteiger charge is 2.08. The molecule has 0 atom stereocenters. The molecule has 2 aromatic rings. The average molecular weight is 335 g/mol. The summed E-state index contributed by atoms with van der Waals surface area (Å²) in [5, 5.41) is 28.1. The Kier molecular flexibility index (Phi) is 4.10. The predicted molar refractivity (Wildman–Crippen MR) is 78.9 cm³/mol. The summed E-state index contributed by atoms with van der Waals surface area (Å²) in [5.41, 5.74) is 0.832. The van der Waals surface area contributed by atoms with Crippen molar-refractivity contribution in [2.45, 2.75) is 0 Å². The molecule has 0 saturated heterocycles. The summed E-state index contributed by atoms with van der Waals surface area (Å²) in [6, 6.07) is 8.61. The van der Waals surface area contributed by atoms with E-state index in [1.54, 1.807) is 18.2 Å². The summed E-state index contributed by atoms with van der Waals surface area (Å²) >= 11 is 3.18. The van der Waals surface area contributed by atoms with E-state index in [2.05, 4.69) is 15.9 Å². The fourth-order valence-corrected chi connectivity index (χ4v) is 2.01. The molecule has 2 aromatic carbocycles. The molecular weight excluding hydrogens is 324 g/mol. The number of ketones is 1. The van der Waals surface area contributed by atoms with Crippen LogP contribution in [0.3, 0.4) is 0 Å². The number of rotatable bonds is 3. The molecular formula is C15H11BrO4.